The highest BCUT2D eigenvalue weighted by atomic mass is 32.2. The van der Waals surface area contributed by atoms with Crippen molar-refractivity contribution in [3.8, 4) is 5.69 Å². The minimum atomic E-state index is -0.130. The first-order chi connectivity index (χ1) is 10.2. The van der Waals surface area contributed by atoms with Gasteiger partial charge in [-0.3, -0.25) is 9.36 Å². The zero-order valence-electron chi connectivity index (χ0n) is 11.5. The summed E-state index contributed by atoms with van der Waals surface area (Å²) < 4.78 is 1.60. The van der Waals surface area contributed by atoms with Crippen LogP contribution < -0.4 is 5.56 Å². The van der Waals surface area contributed by atoms with Gasteiger partial charge in [-0.2, -0.15) is 0 Å². The summed E-state index contributed by atoms with van der Waals surface area (Å²) in [7, 11) is 0. The minimum Gasteiger partial charge on any atom is -0.283 e. The molecule has 1 aromatic carbocycles. The maximum atomic E-state index is 12.6. The second kappa shape index (κ2) is 5.54. The number of hydrogen-bond acceptors (Lipinski definition) is 4. The van der Waals surface area contributed by atoms with Gasteiger partial charge >= 0.3 is 0 Å². The summed E-state index contributed by atoms with van der Waals surface area (Å²) >= 11 is 1.44. The van der Waals surface area contributed by atoms with Crippen molar-refractivity contribution in [3.63, 3.8) is 0 Å². The Hall–Kier alpha value is -2.40. The van der Waals surface area contributed by atoms with Crippen LogP contribution >= 0.6 is 11.8 Å². The molecule has 0 spiro atoms. The summed E-state index contributed by atoms with van der Waals surface area (Å²) in [5.74, 6) is 0. The van der Waals surface area contributed by atoms with Crippen molar-refractivity contribution >= 4 is 28.7 Å². The van der Waals surface area contributed by atoms with E-state index in [4.69, 9.17) is 0 Å². The third kappa shape index (κ3) is 2.36. The van der Waals surface area contributed by atoms with Crippen molar-refractivity contribution in [2.75, 3.05) is 6.26 Å². The number of fused-ring (bicyclic) bond motifs is 1. The Bertz CT molecular complexity index is 872. The molecule has 0 atom stereocenters. The molecule has 0 aliphatic heterocycles. The van der Waals surface area contributed by atoms with Crippen LogP contribution in [0.4, 0.5) is 0 Å². The van der Waals surface area contributed by atoms with E-state index in [0.29, 0.717) is 16.1 Å². The monoisotopic (exact) mass is 295 g/mol. The van der Waals surface area contributed by atoms with Gasteiger partial charge in [0.25, 0.3) is 5.56 Å². The fourth-order valence-electron chi connectivity index (χ4n) is 2.16. The average molecular weight is 295 g/mol. The van der Waals surface area contributed by atoms with Crippen molar-refractivity contribution in [1.29, 1.82) is 0 Å². The van der Waals surface area contributed by atoms with Crippen molar-refractivity contribution in [2.45, 2.75) is 5.16 Å². The molecule has 0 amide bonds. The first-order valence-corrected chi connectivity index (χ1v) is 7.61. The van der Waals surface area contributed by atoms with E-state index in [-0.39, 0.29) is 5.56 Å². The molecule has 21 heavy (non-hydrogen) atoms. The molecule has 3 aromatic rings. The molecule has 0 bridgehead atoms. The Kier molecular flexibility index (Phi) is 3.58. The van der Waals surface area contributed by atoms with Gasteiger partial charge in [0.1, 0.15) is 0 Å². The molecular weight excluding hydrogens is 282 g/mol. The van der Waals surface area contributed by atoms with E-state index in [0.717, 1.165) is 11.3 Å². The number of benzene rings is 1. The van der Waals surface area contributed by atoms with Crippen LogP contribution in [0.25, 0.3) is 22.7 Å². The SMILES string of the molecule is C=Cc1cn(-c2ccccc2)c(=O)c2cnc(SC)nc12. The Balaban J connectivity index is 2.37. The van der Waals surface area contributed by atoms with Gasteiger partial charge < -0.3 is 0 Å². The van der Waals surface area contributed by atoms with Crippen LogP contribution in [0.5, 0.6) is 0 Å². The summed E-state index contributed by atoms with van der Waals surface area (Å²) in [5, 5.41) is 1.14. The number of aromatic nitrogens is 3. The number of thioether (sulfide) groups is 1. The van der Waals surface area contributed by atoms with E-state index >= 15 is 0 Å². The summed E-state index contributed by atoms with van der Waals surface area (Å²) in [5.41, 5.74) is 2.13. The van der Waals surface area contributed by atoms with E-state index in [1.54, 1.807) is 23.0 Å². The molecule has 5 heteroatoms. The predicted octanol–water partition coefficient (Wildman–Crippen LogP) is 3.15. The van der Waals surface area contributed by atoms with Crippen molar-refractivity contribution in [1.82, 2.24) is 14.5 Å². The third-order valence-electron chi connectivity index (χ3n) is 3.19. The lowest BCUT2D eigenvalue weighted by atomic mass is 10.2. The van der Waals surface area contributed by atoms with Crippen LogP contribution in [0.3, 0.4) is 0 Å². The standard InChI is InChI=1S/C16H13N3OS/c1-3-11-10-19(12-7-5-4-6-8-12)15(20)13-9-17-16(21-2)18-14(11)13/h3-10H,1H2,2H3. The molecule has 2 heterocycles. The molecule has 0 saturated carbocycles. The lowest BCUT2D eigenvalue weighted by Gasteiger charge is -2.10. The molecule has 0 N–H and O–H groups in total. The Morgan fingerprint density at radius 2 is 2.05 bits per heavy atom. The molecule has 0 fully saturated rings. The second-order valence-corrected chi connectivity index (χ2v) is 5.19. The van der Waals surface area contributed by atoms with E-state index in [9.17, 15) is 4.79 Å². The van der Waals surface area contributed by atoms with Crippen molar-refractivity contribution in [2.24, 2.45) is 0 Å². The first-order valence-electron chi connectivity index (χ1n) is 6.39. The normalized spacial score (nSPS) is 10.7. The number of para-hydroxylation sites is 1. The fraction of sp³-hybridized carbons (Fsp3) is 0.0625. The average Bonchev–Trinajstić information content (AvgIpc) is 2.55. The maximum Gasteiger partial charge on any atom is 0.266 e. The Labute approximate surface area is 126 Å². The highest BCUT2D eigenvalue weighted by Crippen LogP contribution is 2.18. The zero-order chi connectivity index (χ0) is 14.8. The van der Waals surface area contributed by atoms with E-state index in [1.807, 2.05) is 36.6 Å². The van der Waals surface area contributed by atoms with Gasteiger partial charge in [0.2, 0.25) is 0 Å². The van der Waals surface area contributed by atoms with E-state index in [1.165, 1.54) is 11.8 Å². The van der Waals surface area contributed by atoms with Crippen molar-refractivity contribution in [3.05, 3.63) is 65.2 Å². The molecule has 104 valence electrons. The van der Waals surface area contributed by atoms with Crippen LogP contribution in [-0.4, -0.2) is 20.8 Å². The molecule has 0 saturated heterocycles. The fourth-order valence-corrected chi connectivity index (χ4v) is 2.50. The third-order valence-corrected chi connectivity index (χ3v) is 3.76. The van der Waals surface area contributed by atoms with Gasteiger partial charge in [0.05, 0.1) is 10.9 Å². The summed E-state index contributed by atoms with van der Waals surface area (Å²) in [6.45, 7) is 3.82. The first kappa shape index (κ1) is 13.6. The number of hydrogen-bond donors (Lipinski definition) is 0. The molecule has 2 aromatic heterocycles. The molecule has 4 nitrogen and oxygen atoms in total. The smallest absolute Gasteiger partial charge is 0.266 e. The van der Waals surface area contributed by atoms with E-state index < -0.39 is 0 Å². The number of nitrogens with zero attached hydrogens (tertiary/aromatic N) is 3. The molecule has 3 rings (SSSR count). The summed E-state index contributed by atoms with van der Waals surface area (Å²) in [6.07, 6.45) is 6.96. The van der Waals surface area contributed by atoms with Crippen LogP contribution in [0.15, 0.2) is 59.3 Å². The van der Waals surface area contributed by atoms with Crippen LogP contribution in [0, 0.1) is 0 Å². The van der Waals surface area contributed by atoms with Gasteiger partial charge in [-0.25, -0.2) is 9.97 Å². The highest BCUT2D eigenvalue weighted by molar-refractivity contribution is 7.98. The lowest BCUT2D eigenvalue weighted by molar-refractivity contribution is 0.966. The minimum absolute atomic E-state index is 0.130. The maximum absolute atomic E-state index is 12.6. The Morgan fingerprint density at radius 1 is 1.29 bits per heavy atom. The highest BCUT2D eigenvalue weighted by Gasteiger charge is 2.11. The molecule has 0 unspecified atom stereocenters. The molecular formula is C16H13N3OS. The molecule has 0 aliphatic rings. The number of pyridine rings is 1. The van der Waals surface area contributed by atoms with Crippen molar-refractivity contribution < 1.29 is 0 Å². The van der Waals surface area contributed by atoms with Crippen LogP contribution in [0.1, 0.15) is 5.56 Å². The lowest BCUT2D eigenvalue weighted by Crippen LogP contribution is -2.19. The molecule has 0 aliphatic carbocycles. The zero-order valence-corrected chi connectivity index (χ0v) is 12.3. The molecule has 0 radical (unpaired) electrons. The summed E-state index contributed by atoms with van der Waals surface area (Å²) in [4.78, 5) is 21.3. The second-order valence-electron chi connectivity index (χ2n) is 4.42. The van der Waals surface area contributed by atoms with E-state index in [2.05, 4.69) is 16.5 Å². The van der Waals surface area contributed by atoms with Crippen LogP contribution in [0.2, 0.25) is 0 Å². The van der Waals surface area contributed by atoms with Gasteiger partial charge in [-0.1, -0.05) is 42.6 Å². The predicted molar refractivity (Wildman–Crippen MR) is 87.0 cm³/mol. The quantitative estimate of drug-likeness (QED) is 0.550. The summed E-state index contributed by atoms with van der Waals surface area (Å²) in [6, 6.07) is 9.48. The van der Waals surface area contributed by atoms with Crippen LogP contribution in [-0.2, 0) is 0 Å². The van der Waals surface area contributed by atoms with Gasteiger partial charge in [-0.05, 0) is 18.4 Å². The van der Waals surface area contributed by atoms with Gasteiger partial charge in [0, 0.05) is 23.6 Å². The number of rotatable bonds is 3. The van der Waals surface area contributed by atoms with Gasteiger partial charge in [-0.15, -0.1) is 0 Å². The largest absolute Gasteiger partial charge is 0.283 e. The van der Waals surface area contributed by atoms with Gasteiger partial charge in [0.15, 0.2) is 5.16 Å². The topological polar surface area (TPSA) is 47.8 Å². The Morgan fingerprint density at radius 3 is 2.71 bits per heavy atom.